The number of carbonyl (C=O) groups excluding carboxylic acids is 3. The first kappa shape index (κ1) is 19.8. The first-order valence-corrected chi connectivity index (χ1v) is 8.35. The van der Waals surface area contributed by atoms with Crippen LogP contribution in [0.5, 0.6) is 0 Å². The van der Waals surface area contributed by atoms with Crippen molar-refractivity contribution in [1.29, 1.82) is 0 Å². The number of hydrogen-bond donors (Lipinski definition) is 3. The van der Waals surface area contributed by atoms with Gasteiger partial charge in [-0.1, -0.05) is 35.9 Å². The van der Waals surface area contributed by atoms with Crippen molar-refractivity contribution in [2.24, 2.45) is 0 Å². The first-order chi connectivity index (χ1) is 12.8. The number of ketones is 1. The van der Waals surface area contributed by atoms with Gasteiger partial charge in [0.05, 0.1) is 0 Å². The van der Waals surface area contributed by atoms with Crippen LogP contribution in [0.25, 0.3) is 0 Å². The van der Waals surface area contributed by atoms with Crippen LogP contribution in [0.3, 0.4) is 0 Å². The Morgan fingerprint density at radius 3 is 2.30 bits per heavy atom. The number of carboxylic acid groups (broad SMARTS) is 1. The molecule has 27 heavy (non-hydrogen) atoms. The Balaban J connectivity index is 1.89. The Kier molecular flexibility index (Phi) is 6.82. The molecular weight excluding hydrogens is 348 g/mol. The van der Waals surface area contributed by atoms with Gasteiger partial charge in [-0.3, -0.25) is 19.2 Å². The quantitative estimate of drug-likeness (QED) is 0.620. The number of anilines is 1. The van der Waals surface area contributed by atoms with Gasteiger partial charge in [0.2, 0.25) is 5.91 Å². The molecule has 0 spiro atoms. The number of amides is 2. The summed E-state index contributed by atoms with van der Waals surface area (Å²) < 4.78 is 0. The van der Waals surface area contributed by atoms with Crippen LogP contribution >= 0.6 is 0 Å². The standard InChI is InChI=1S/C20H20N2O5/c1-13-5-7-14(8-6-13)17(23)9-10-18(24)22-16-4-2-3-15(11-16)20(27)21-12-19(25)26/h2-8,11H,9-10,12H2,1H3,(H,21,27)(H,22,24)(H,25,26). The predicted molar refractivity (Wildman–Crippen MR) is 99.8 cm³/mol. The minimum atomic E-state index is -1.15. The van der Waals surface area contributed by atoms with E-state index in [9.17, 15) is 19.2 Å². The molecule has 7 heteroatoms. The van der Waals surface area contributed by atoms with Gasteiger partial charge in [-0.2, -0.15) is 0 Å². The molecule has 3 N–H and O–H groups in total. The minimum absolute atomic E-state index is 0.0160. The fourth-order valence-corrected chi connectivity index (χ4v) is 2.33. The highest BCUT2D eigenvalue weighted by atomic mass is 16.4. The van der Waals surface area contributed by atoms with Crippen molar-refractivity contribution in [3.63, 3.8) is 0 Å². The molecule has 2 amide bonds. The average Bonchev–Trinajstić information content (AvgIpc) is 2.65. The molecule has 7 nitrogen and oxygen atoms in total. The third-order valence-electron chi connectivity index (χ3n) is 3.76. The summed E-state index contributed by atoms with van der Waals surface area (Å²) in [5, 5.41) is 13.5. The van der Waals surface area contributed by atoms with Crippen LogP contribution in [-0.4, -0.2) is 35.2 Å². The van der Waals surface area contributed by atoms with Gasteiger partial charge in [0.25, 0.3) is 5.91 Å². The van der Waals surface area contributed by atoms with Crippen molar-refractivity contribution in [1.82, 2.24) is 5.32 Å². The van der Waals surface area contributed by atoms with E-state index in [1.54, 1.807) is 24.3 Å². The number of benzene rings is 2. The minimum Gasteiger partial charge on any atom is -0.480 e. The van der Waals surface area contributed by atoms with E-state index in [0.717, 1.165) is 5.56 Å². The Morgan fingerprint density at radius 1 is 0.926 bits per heavy atom. The van der Waals surface area contributed by atoms with E-state index >= 15 is 0 Å². The SMILES string of the molecule is Cc1ccc(C(=O)CCC(=O)Nc2cccc(C(=O)NCC(=O)O)c2)cc1. The molecule has 0 heterocycles. The summed E-state index contributed by atoms with van der Waals surface area (Å²) >= 11 is 0. The molecule has 0 aliphatic heterocycles. The fraction of sp³-hybridized carbons (Fsp3) is 0.200. The Morgan fingerprint density at radius 2 is 1.63 bits per heavy atom. The second-order valence-corrected chi connectivity index (χ2v) is 5.99. The van der Waals surface area contributed by atoms with E-state index in [1.807, 2.05) is 19.1 Å². The summed E-state index contributed by atoms with van der Waals surface area (Å²) in [4.78, 5) is 46.5. The zero-order valence-electron chi connectivity index (χ0n) is 14.8. The number of aliphatic carboxylic acids is 1. The number of aryl methyl sites for hydroxylation is 1. The molecule has 0 aromatic heterocycles. The Hall–Kier alpha value is -3.48. The second kappa shape index (κ2) is 9.28. The number of carboxylic acids is 1. The fourth-order valence-electron chi connectivity index (χ4n) is 2.33. The van der Waals surface area contributed by atoms with Crippen LogP contribution in [0.2, 0.25) is 0 Å². The average molecular weight is 368 g/mol. The van der Waals surface area contributed by atoms with Gasteiger partial charge >= 0.3 is 5.97 Å². The third kappa shape index (κ3) is 6.39. The molecule has 0 radical (unpaired) electrons. The van der Waals surface area contributed by atoms with Crippen LogP contribution in [0.4, 0.5) is 5.69 Å². The predicted octanol–water partition coefficient (Wildman–Crippen LogP) is 2.41. The maximum atomic E-state index is 12.1. The van der Waals surface area contributed by atoms with Gasteiger partial charge in [-0.15, -0.1) is 0 Å². The summed E-state index contributed by atoms with van der Waals surface area (Å²) in [5.41, 5.74) is 2.23. The number of carbonyl (C=O) groups is 4. The molecule has 2 aromatic rings. The van der Waals surface area contributed by atoms with Gasteiger partial charge in [-0.05, 0) is 25.1 Å². The van der Waals surface area contributed by atoms with Crippen LogP contribution in [-0.2, 0) is 9.59 Å². The van der Waals surface area contributed by atoms with Crippen molar-refractivity contribution in [3.05, 3.63) is 65.2 Å². The number of rotatable bonds is 8. The van der Waals surface area contributed by atoms with Crippen molar-refractivity contribution in [2.45, 2.75) is 19.8 Å². The van der Waals surface area contributed by atoms with Gasteiger partial charge in [0.15, 0.2) is 5.78 Å². The van der Waals surface area contributed by atoms with E-state index in [-0.39, 0.29) is 30.1 Å². The lowest BCUT2D eigenvalue weighted by Crippen LogP contribution is -2.29. The van der Waals surface area contributed by atoms with Crippen molar-refractivity contribution in [2.75, 3.05) is 11.9 Å². The number of hydrogen-bond acceptors (Lipinski definition) is 4. The lowest BCUT2D eigenvalue weighted by molar-refractivity contribution is -0.135. The molecule has 0 unspecified atom stereocenters. The van der Waals surface area contributed by atoms with Gasteiger partial charge < -0.3 is 15.7 Å². The summed E-state index contributed by atoms with van der Waals surface area (Å²) in [5.74, 6) is -2.17. The van der Waals surface area contributed by atoms with Crippen LogP contribution in [0.15, 0.2) is 48.5 Å². The van der Waals surface area contributed by atoms with Crippen molar-refractivity contribution < 1.29 is 24.3 Å². The molecular formula is C20H20N2O5. The zero-order valence-corrected chi connectivity index (χ0v) is 14.8. The maximum absolute atomic E-state index is 12.1. The first-order valence-electron chi connectivity index (χ1n) is 8.35. The summed E-state index contributed by atoms with van der Waals surface area (Å²) in [6, 6.07) is 13.3. The van der Waals surface area contributed by atoms with E-state index in [0.29, 0.717) is 11.3 Å². The second-order valence-electron chi connectivity index (χ2n) is 5.99. The Labute approximate surface area is 156 Å². The van der Waals surface area contributed by atoms with E-state index in [1.165, 1.54) is 12.1 Å². The van der Waals surface area contributed by atoms with Gasteiger partial charge in [0, 0.05) is 29.7 Å². The highest BCUT2D eigenvalue weighted by Crippen LogP contribution is 2.12. The molecule has 0 bridgehead atoms. The number of nitrogens with one attached hydrogen (secondary N) is 2. The van der Waals surface area contributed by atoms with Crippen LogP contribution in [0.1, 0.15) is 39.1 Å². The lowest BCUT2D eigenvalue weighted by Gasteiger charge is -2.08. The van der Waals surface area contributed by atoms with E-state index in [4.69, 9.17) is 5.11 Å². The van der Waals surface area contributed by atoms with Crippen molar-refractivity contribution in [3.8, 4) is 0 Å². The van der Waals surface area contributed by atoms with Gasteiger partial charge in [-0.25, -0.2) is 0 Å². The van der Waals surface area contributed by atoms with Crippen LogP contribution < -0.4 is 10.6 Å². The van der Waals surface area contributed by atoms with E-state index in [2.05, 4.69) is 10.6 Å². The summed E-state index contributed by atoms with van der Waals surface area (Å²) in [7, 11) is 0. The highest BCUT2D eigenvalue weighted by molar-refractivity contribution is 6.01. The van der Waals surface area contributed by atoms with E-state index < -0.39 is 18.4 Å². The molecule has 140 valence electrons. The van der Waals surface area contributed by atoms with Crippen molar-refractivity contribution >= 4 is 29.3 Å². The maximum Gasteiger partial charge on any atom is 0.322 e. The largest absolute Gasteiger partial charge is 0.480 e. The van der Waals surface area contributed by atoms with Gasteiger partial charge in [0.1, 0.15) is 6.54 Å². The lowest BCUT2D eigenvalue weighted by atomic mass is 10.0. The summed E-state index contributed by atoms with van der Waals surface area (Å²) in [6.45, 7) is 1.44. The summed E-state index contributed by atoms with van der Waals surface area (Å²) in [6.07, 6.45) is 0.0931. The molecule has 2 aromatic carbocycles. The smallest absolute Gasteiger partial charge is 0.322 e. The molecule has 0 aliphatic rings. The molecule has 0 saturated heterocycles. The van der Waals surface area contributed by atoms with Crippen LogP contribution in [0, 0.1) is 6.92 Å². The zero-order chi connectivity index (χ0) is 19.8. The topological polar surface area (TPSA) is 113 Å². The number of Topliss-reactive ketones (excluding diaryl/α,β-unsaturated/α-hetero) is 1. The normalized spacial score (nSPS) is 10.1. The molecule has 0 atom stereocenters. The third-order valence-corrected chi connectivity index (χ3v) is 3.76. The monoisotopic (exact) mass is 368 g/mol. The molecule has 0 aliphatic carbocycles. The molecule has 2 rings (SSSR count). The Bertz CT molecular complexity index is 859. The molecule has 0 fully saturated rings. The highest BCUT2D eigenvalue weighted by Gasteiger charge is 2.11. The molecule has 0 saturated carbocycles.